The molecule has 0 atom stereocenters. The maximum atomic E-state index is 12.4. The lowest BCUT2D eigenvalue weighted by molar-refractivity contribution is -0.137. The molecule has 2 aromatic rings. The first kappa shape index (κ1) is 20.8. The van der Waals surface area contributed by atoms with Crippen molar-refractivity contribution >= 4 is 16.9 Å². The Balaban J connectivity index is 1.46. The van der Waals surface area contributed by atoms with E-state index in [9.17, 15) is 4.79 Å². The molecule has 0 N–H and O–H groups in total. The van der Waals surface area contributed by atoms with E-state index in [0.717, 1.165) is 56.7 Å². The van der Waals surface area contributed by atoms with Crippen LogP contribution in [0.3, 0.4) is 0 Å². The maximum absolute atomic E-state index is 12.4. The first-order chi connectivity index (χ1) is 13.6. The minimum Gasteiger partial charge on any atom is -0.379 e. The lowest BCUT2D eigenvalue weighted by Gasteiger charge is -2.33. The molecule has 1 saturated heterocycles. The van der Waals surface area contributed by atoms with Crippen LogP contribution in [0.5, 0.6) is 0 Å². The highest BCUT2D eigenvalue weighted by Crippen LogP contribution is 2.29. The summed E-state index contributed by atoms with van der Waals surface area (Å²) in [5.74, 6) is 1.13. The fourth-order valence-corrected chi connectivity index (χ4v) is 3.87. The summed E-state index contributed by atoms with van der Waals surface area (Å²) in [6.45, 7) is 9.81. The van der Waals surface area contributed by atoms with Gasteiger partial charge in [0.1, 0.15) is 12.4 Å². The predicted octanol–water partition coefficient (Wildman–Crippen LogP) is 3.65. The van der Waals surface area contributed by atoms with Crippen molar-refractivity contribution in [2.45, 2.75) is 52.5 Å². The van der Waals surface area contributed by atoms with Gasteiger partial charge in [-0.3, -0.25) is 4.79 Å². The number of amides is 1. The van der Waals surface area contributed by atoms with Crippen LogP contribution in [0, 0.1) is 13.8 Å². The Kier molecular flexibility index (Phi) is 7.45. The molecule has 0 bridgehead atoms. The number of rotatable bonds is 9. The number of aromatic nitrogens is 2. The molecule has 1 aliphatic rings. The number of ether oxygens (including phenoxy) is 2. The molecule has 1 fully saturated rings. The second-order valence-corrected chi connectivity index (χ2v) is 7.65. The van der Waals surface area contributed by atoms with E-state index in [1.54, 1.807) is 0 Å². The van der Waals surface area contributed by atoms with Crippen molar-refractivity contribution in [3.05, 3.63) is 29.6 Å². The molecular weight excluding hydrogens is 354 g/mol. The Morgan fingerprint density at radius 1 is 1.14 bits per heavy atom. The average molecular weight is 388 g/mol. The summed E-state index contributed by atoms with van der Waals surface area (Å²) < 4.78 is 13.3. The Morgan fingerprint density at radius 3 is 2.64 bits per heavy atom. The number of carbonyl (C=O) groups excluding carboxylic acids is 1. The van der Waals surface area contributed by atoms with Crippen molar-refractivity contribution in [2.75, 3.05) is 39.5 Å². The molecule has 0 radical (unpaired) electrons. The molecular formula is C22H33N3O3. The van der Waals surface area contributed by atoms with E-state index in [0.29, 0.717) is 19.3 Å². The van der Waals surface area contributed by atoms with Crippen LogP contribution >= 0.6 is 0 Å². The van der Waals surface area contributed by atoms with E-state index in [2.05, 4.69) is 43.5 Å². The van der Waals surface area contributed by atoms with Gasteiger partial charge in [0.2, 0.25) is 5.91 Å². The van der Waals surface area contributed by atoms with Gasteiger partial charge in [-0.05, 0) is 50.8 Å². The number of hydrogen-bond donors (Lipinski definition) is 0. The van der Waals surface area contributed by atoms with Crippen molar-refractivity contribution in [3.63, 3.8) is 0 Å². The first-order valence-corrected chi connectivity index (χ1v) is 10.5. The number of benzene rings is 1. The Morgan fingerprint density at radius 2 is 1.89 bits per heavy atom. The second-order valence-electron chi connectivity index (χ2n) is 7.65. The van der Waals surface area contributed by atoms with Crippen molar-refractivity contribution in [1.82, 2.24) is 14.5 Å². The molecule has 6 nitrogen and oxygen atoms in total. The van der Waals surface area contributed by atoms with Crippen LogP contribution in [-0.4, -0.2) is 59.9 Å². The summed E-state index contributed by atoms with van der Waals surface area (Å²) in [7, 11) is 0. The van der Waals surface area contributed by atoms with Crippen LogP contribution < -0.4 is 0 Å². The smallest absolute Gasteiger partial charge is 0.248 e. The lowest BCUT2D eigenvalue weighted by Crippen LogP contribution is -2.41. The topological polar surface area (TPSA) is 56.6 Å². The summed E-state index contributed by atoms with van der Waals surface area (Å²) in [5.41, 5.74) is 3.50. The SMILES string of the molecule is CCCCOCCOCC(=O)N1CCC(n2c(C)nc3ccc(C)cc32)CC1. The van der Waals surface area contributed by atoms with Crippen LogP contribution in [0.1, 0.15) is 50.0 Å². The lowest BCUT2D eigenvalue weighted by atomic mass is 10.0. The molecule has 0 aliphatic carbocycles. The van der Waals surface area contributed by atoms with Crippen LogP contribution in [0.25, 0.3) is 11.0 Å². The maximum Gasteiger partial charge on any atom is 0.248 e. The quantitative estimate of drug-likeness (QED) is 0.616. The molecule has 1 amide bonds. The van der Waals surface area contributed by atoms with E-state index >= 15 is 0 Å². The summed E-state index contributed by atoms with van der Waals surface area (Å²) in [4.78, 5) is 19.0. The van der Waals surface area contributed by atoms with Crippen LogP contribution in [0.4, 0.5) is 0 Å². The molecule has 0 spiro atoms. The van der Waals surface area contributed by atoms with Gasteiger partial charge < -0.3 is 18.9 Å². The minimum atomic E-state index is 0.0788. The first-order valence-electron chi connectivity index (χ1n) is 10.5. The summed E-state index contributed by atoms with van der Waals surface area (Å²) >= 11 is 0. The summed E-state index contributed by atoms with van der Waals surface area (Å²) in [6, 6.07) is 6.80. The highest BCUT2D eigenvalue weighted by atomic mass is 16.5. The zero-order valence-corrected chi connectivity index (χ0v) is 17.4. The number of carbonyl (C=O) groups is 1. The van der Waals surface area contributed by atoms with Gasteiger partial charge in [0.05, 0.1) is 24.2 Å². The van der Waals surface area contributed by atoms with Crippen molar-refractivity contribution in [2.24, 2.45) is 0 Å². The molecule has 1 aliphatic heterocycles. The Hall–Kier alpha value is -1.92. The number of nitrogens with zero attached hydrogens (tertiary/aromatic N) is 3. The number of hydrogen-bond acceptors (Lipinski definition) is 4. The van der Waals surface area contributed by atoms with Crippen LogP contribution in [0.2, 0.25) is 0 Å². The second kappa shape index (κ2) is 10.0. The average Bonchev–Trinajstić information content (AvgIpc) is 3.02. The van der Waals surface area contributed by atoms with E-state index in [1.807, 2.05) is 4.90 Å². The van der Waals surface area contributed by atoms with Crippen LogP contribution in [-0.2, 0) is 14.3 Å². The van der Waals surface area contributed by atoms with E-state index in [-0.39, 0.29) is 12.5 Å². The number of piperidine rings is 1. The van der Waals surface area contributed by atoms with Gasteiger partial charge in [-0.2, -0.15) is 0 Å². The molecule has 0 unspecified atom stereocenters. The normalized spacial score (nSPS) is 15.5. The van der Waals surface area contributed by atoms with Gasteiger partial charge >= 0.3 is 0 Å². The molecule has 2 heterocycles. The molecule has 154 valence electrons. The third kappa shape index (κ3) is 5.11. The zero-order valence-electron chi connectivity index (χ0n) is 17.4. The van der Waals surface area contributed by atoms with Gasteiger partial charge in [-0.1, -0.05) is 19.4 Å². The molecule has 1 aromatic heterocycles. The predicted molar refractivity (Wildman–Crippen MR) is 111 cm³/mol. The fourth-order valence-electron chi connectivity index (χ4n) is 3.87. The van der Waals surface area contributed by atoms with E-state index in [1.165, 1.54) is 11.1 Å². The van der Waals surface area contributed by atoms with Gasteiger partial charge in [-0.15, -0.1) is 0 Å². The Bertz CT molecular complexity index is 779. The van der Waals surface area contributed by atoms with Gasteiger partial charge in [0.15, 0.2) is 0 Å². The molecule has 3 rings (SSSR count). The fraction of sp³-hybridized carbons (Fsp3) is 0.636. The molecule has 28 heavy (non-hydrogen) atoms. The number of aryl methyl sites for hydroxylation is 2. The minimum absolute atomic E-state index is 0.0788. The Labute approximate surface area is 167 Å². The zero-order chi connectivity index (χ0) is 19.9. The molecule has 0 saturated carbocycles. The summed E-state index contributed by atoms with van der Waals surface area (Å²) in [5, 5.41) is 0. The number of likely N-dealkylation sites (tertiary alicyclic amines) is 1. The van der Waals surface area contributed by atoms with Crippen molar-refractivity contribution < 1.29 is 14.3 Å². The largest absolute Gasteiger partial charge is 0.379 e. The third-order valence-electron chi connectivity index (χ3n) is 5.44. The molecule has 1 aromatic carbocycles. The highest BCUT2D eigenvalue weighted by Gasteiger charge is 2.25. The summed E-state index contributed by atoms with van der Waals surface area (Å²) in [6.07, 6.45) is 4.10. The number of imidazole rings is 1. The number of fused-ring (bicyclic) bond motifs is 1. The van der Waals surface area contributed by atoms with Gasteiger partial charge in [-0.25, -0.2) is 4.98 Å². The highest BCUT2D eigenvalue weighted by molar-refractivity contribution is 5.78. The van der Waals surface area contributed by atoms with Gasteiger partial charge in [0, 0.05) is 25.7 Å². The van der Waals surface area contributed by atoms with Crippen molar-refractivity contribution in [1.29, 1.82) is 0 Å². The molecule has 6 heteroatoms. The standard InChI is InChI=1S/C22H33N3O3/c1-4-5-12-27-13-14-28-16-22(26)24-10-8-19(9-11-24)25-18(3)23-20-7-6-17(2)15-21(20)25/h6-7,15,19H,4-5,8-14,16H2,1-3H3. The monoisotopic (exact) mass is 387 g/mol. The number of unbranched alkanes of at least 4 members (excludes halogenated alkanes) is 1. The van der Waals surface area contributed by atoms with Crippen LogP contribution in [0.15, 0.2) is 18.2 Å². The van der Waals surface area contributed by atoms with E-state index < -0.39 is 0 Å². The third-order valence-corrected chi connectivity index (χ3v) is 5.44. The van der Waals surface area contributed by atoms with Crippen molar-refractivity contribution in [3.8, 4) is 0 Å². The van der Waals surface area contributed by atoms with Gasteiger partial charge in [0.25, 0.3) is 0 Å². The van der Waals surface area contributed by atoms with E-state index in [4.69, 9.17) is 14.5 Å².